The van der Waals surface area contributed by atoms with Crippen molar-refractivity contribution in [3.8, 4) is 0 Å². The van der Waals surface area contributed by atoms with Crippen LogP contribution in [0.3, 0.4) is 0 Å². The van der Waals surface area contributed by atoms with Gasteiger partial charge in [0.15, 0.2) is 0 Å². The number of halogens is 1. The van der Waals surface area contributed by atoms with Crippen molar-refractivity contribution < 1.29 is 4.39 Å². The van der Waals surface area contributed by atoms with E-state index in [1.54, 1.807) is 0 Å². The van der Waals surface area contributed by atoms with Crippen molar-refractivity contribution in [2.75, 3.05) is 11.4 Å². The molecule has 1 atom stereocenters. The number of hydrogen-bond donors (Lipinski definition) is 1. The van der Waals surface area contributed by atoms with Crippen LogP contribution >= 0.6 is 0 Å². The number of benzene rings is 2. The van der Waals surface area contributed by atoms with Gasteiger partial charge in [0.1, 0.15) is 5.82 Å². The molecular formula is C17H21FN2. The van der Waals surface area contributed by atoms with Crippen LogP contribution in [0.5, 0.6) is 0 Å². The molecule has 0 saturated heterocycles. The highest BCUT2D eigenvalue weighted by molar-refractivity contribution is 5.66. The van der Waals surface area contributed by atoms with Crippen LogP contribution < -0.4 is 10.6 Å². The van der Waals surface area contributed by atoms with Crippen LogP contribution in [-0.4, -0.2) is 12.6 Å². The fourth-order valence-corrected chi connectivity index (χ4v) is 2.41. The van der Waals surface area contributed by atoms with Gasteiger partial charge in [-0.05, 0) is 56.2 Å². The summed E-state index contributed by atoms with van der Waals surface area (Å²) >= 11 is 0. The van der Waals surface area contributed by atoms with E-state index in [1.165, 1.54) is 17.7 Å². The minimum Gasteiger partial charge on any atom is -0.342 e. The molecule has 0 aliphatic carbocycles. The molecule has 0 amide bonds. The van der Waals surface area contributed by atoms with Crippen LogP contribution in [0.2, 0.25) is 0 Å². The molecular weight excluding hydrogens is 251 g/mol. The Morgan fingerprint density at radius 2 is 1.75 bits per heavy atom. The van der Waals surface area contributed by atoms with Gasteiger partial charge in [0.2, 0.25) is 0 Å². The van der Waals surface area contributed by atoms with Gasteiger partial charge < -0.3 is 10.6 Å². The molecule has 0 aromatic heterocycles. The van der Waals surface area contributed by atoms with Crippen LogP contribution in [0, 0.1) is 5.82 Å². The molecule has 0 spiro atoms. The molecule has 2 aromatic carbocycles. The Morgan fingerprint density at radius 3 is 2.35 bits per heavy atom. The highest BCUT2D eigenvalue weighted by Gasteiger charge is 2.12. The SMILES string of the molecule is CCN(c1ccc(F)cc1)c1ccccc1CC(C)N. The smallest absolute Gasteiger partial charge is 0.123 e. The lowest BCUT2D eigenvalue weighted by atomic mass is 10.0. The topological polar surface area (TPSA) is 29.3 Å². The molecule has 0 radical (unpaired) electrons. The lowest BCUT2D eigenvalue weighted by molar-refractivity contribution is 0.628. The molecule has 0 fully saturated rings. The maximum Gasteiger partial charge on any atom is 0.123 e. The van der Waals surface area contributed by atoms with E-state index in [0.717, 1.165) is 24.3 Å². The zero-order valence-corrected chi connectivity index (χ0v) is 12.0. The van der Waals surface area contributed by atoms with Crippen molar-refractivity contribution in [2.45, 2.75) is 26.3 Å². The summed E-state index contributed by atoms with van der Waals surface area (Å²) in [5.41, 5.74) is 9.27. The van der Waals surface area contributed by atoms with E-state index >= 15 is 0 Å². The molecule has 0 aliphatic rings. The minimum atomic E-state index is -0.214. The molecule has 2 N–H and O–H groups in total. The van der Waals surface area contributed by atoms with Gasteiger partial charge in [0.05, 0.1) is 0 Å². The predicted octanol–water partition coefficient (Wildman–Crippen LogP) is 3.87. The fraction of sp³-hybridized carbons (Fsp3) is 0.294. The first-order valence-electron chi connectivity index (χ1n) is 6.98. The molecule has 3 heteroatoms. The highest BCUT2D eigenvalue weighted by atomic mass is 19.1. The highest BCUT2D eigenvalue weighted by Crippen LogP contribution is 2.29. The van der Waals surface area contributed by atoms with Crippen molar-refractivity contribution in [1.82, 2.24) is 0 Å². The number of nitrogens with two attached hydrogens (primary N) is 1. The van der Waals surface area contributed by atoms with Gasteiger partial charge in [-0.2, -0.15) is 0 Å². The third kappa shape index (κ3) is 3.36. The van der Waals surface area contributed by atoms with Gasteiger partial charge in [-0.3, -0.25) is 0 Å². The second-order valence-corrected chi connectivity index (χ2v) is 5.03. The van der Waals surface area contributed by atoms with Crippen molar-refractivity contribution in [3.63, 3.8) is 0 Å². The first-order valence-corrected chi connectivity index (χ1v) is 6.98. The maximum absolute atomic E-state index is 13.1. The van der Waals surface area contributed by atoms with Crippen molar-refractivity contribution in [2.24, 2.45) is 5.73 Å². The molecule has 20 heavy (non-hydrogen) atoms. The molecule has 0 saturated carbocycles. The number of anilines is 2. The van der Waals surface area contributed by atoms with Crippen LogP contribution in [0.4, 0.5) is 15.8 Å². The third-order valence-corrected chi connectivity index (χ3v) is 3.28. The Kier molecular flexibility index (Phi) is 4.74. The van der Waals surface area contributed by atoms with E-state index in [1.807, 2.05) is 31.2 Å². The summed E-state index contributed by atoms with van der Waals surface area (Å²) in [6.45, 7) is 4.92. The van der Waals surface area contributed by atoms with E-state index in [9.17, 15) is 4.39 Å². The summed E-state index contributed by atoms with van der Waals surface area (Å²) < 4.78 is 13.1. The molecule has 1 unspecified atom stereocenters. The molecule has 0 bridgehead atoms. The Morgan fingerprint density at radius 1 is 1.10 bits per heavy atom. The van der Waals surface area contributed by atoms with E-state index in [0.29, 0.717) is 0 Å². The predicted molar refractivity (Wildman–Crippen MR) is 82.9 cm³/mol. The minimum absolute atomic E-state index is 0.114. The van der Waals surface area contributed by atoms with Crippen LogP contribution in [0.1, 0.15) is 19.4 Å². The zero-order chi connectivity index (χ0) is 14.5. The Balaban J connectivity index is 2.38. The first-order chi connectivity index (χ1) is 9.61. The first kappa shape index (κ1) is 14.5. The Labute approximate surface area is 120 Å². The van der Waals surface area contributed by atoms with Gasteiger partial charge in [0, 0.05) is 24.0 Å². The van der Waals surface area contributed by atoms with Crippen molar-refractivity contribution >= 4 is 11.4 Å². The monoisotopic (exact) mass is 272 g/mol. The Hall–Kier alpha value is -1.87. The molecule has 2 rings (SSSR count). The van der Waals surface area contributed by atoms with Gasteiger partial charge in [-0.15, -0.1) is 0 Å². The molecule has 106 valence electrons. The van der Waals surface area contributed by atoms with Gasteiger partial charge >= 0.3 is 0 Å². The average molecular weight is 272 g/mol. The molecule has 0 aliphatic heterocycles. The summed E-state index contributed by atoms with van der Waals surface area (Å²) in [5.74, 6) is -0.214. The van der Waals surface area contributed by atoms with Crippen LogP contribution in [0.15, 0.2) is 48.5 Å². The average Bonchev–Trinajstić information content (AvgIpc) is 2.43. The van der Waals surface area contributed by atoms with E-state index < -0.39 is 0 Å². The fourth-order valence-electron chi connectivity index (χ4n) is 2.41. The Bertz CT molecular complexity index is 549. The van der Waals surface area contributed by atoms with Crippen LogP contribution in [-0.2, 0) is 6.42 Å². The standard InChI is InChI=1S/C17H21FN2/c1-3-20(16-10-8-15(18)9-11-16)17-7-5-4-6-14(17)12-13(2)19/h4-11,13H,3,12,19H2,1-2H3. The summed E-state index contributed by atoms with van der Waals surface area (Å²) in [6.07, 6.45) is 0.827. The van der Waals surface area contributed by atoms with E-state index in [2.05, 4.69) is 24.0 Å². The summed E-state index contributed by atoms with van der Waals surface area (Å²) in [5, 5.41) is 0. The van der Waals surface area contributed by atoms with Crippen molar-refractivity contribution in [1.29, 1.82) is 0 Å². The third-order valence-electron chi connectivity index (χ3n) is 3.28. The van der Waals surface area contributed by atoms with E-state index in [4.69, 9.17) is 5.73 Å². The molecule has 2 nitrogen and oxygen atoms in total. The maximum atomic E-state index is 13.1. The van der Waals surface area contributed by atoms with Gasteiger partial charge in [-0.25, -0.2) is 4.39 Å². The van der Waals surface area contributed by atoms with Gasteiger partial charge in [0.25, 0.3) is 0 Å². The lowest BCUT2D eigenvalue weighted by Crippen LogP contribution is -2.22. The summed E-state index contributed by atoms with van der Waals surface area (Å²) in [6, 6.07) is 14.9. The second kappa shape index (κ2) is 6.53. The normalized spacial score (nSPS) is 12.2. The number of rotatable bonds is 5. The second-order valence-electron chi connectivity index (χ2n) is 5.03. The van der Waals surface area contributed by atoms with E-state index in [-0.39, 0.29) is 11.9 Å². The molecule has 2 aromatic rings. The van der Waals surface area contributed by atoms with Crippen molar-refractivity contribution in [3.05, 3.63) is 59.9 Å². The lowest BCUT2D eigenvalue weighted by Gasteiger charge is -2.26. The van der Waals surface area contributed by atoms with Crippen LogP contribution in [0.25, 0.3) is 0 Å². The summed E-state index contributed by atoms with van der Waals surface area (Å²) in [7, 11) is 0. The number of nitrogens with zero attached hydrogens (tertiary/aromatic N) is 1. The quantitative estimate of drug-likeness (QED) is 0.895. The zero-order valence-electron chi connectivity index (χ0n) is 12.0. The molecule has 0 heterocycles. The summed E-state index contributed by atoms with van der Waals surface area (Å²) in [4.78, 5) is 2.18. The number of hydrogen-bond acceptors (Lipinski definition) is 2. The largest absolute Gasteiger partial charge is 0.342 e. The number of para-hydroxylation sites is 1. The van der Waals surface area contributed by atoms with Gasteiger partial charge in [-0.1, -0.05) is 18.2 Å².